The van der Waals surface area contributed by atoms with Crippen LogP contribution in [0.5, 0.6) is 0 Å². The monoisotopic (exact) mass is 228 g/mol. The molecule has 0 radical (unpaired) electrons. The van der Waals surface area contributed by atoms with Crippen LogP contribution in [0.1, 0.15) is 15.9 Å². The predicted molar refractivity (Wildman–Crippen MR) is 64.8 cm³/mol. The van der Waals surface area contributed by atoms with Crippen LogP contribution in [0.2, 0.25) is 0 Å². The van der Waals surface area contributed by atoms with Crippen molar-refractivity contribution in [3.63, 3.8) is 0 Å². The first kappa shape index (κ1) is 11.4. The topological polar surface area (TPSA) is 57.5 Å². The average molecular weight is 228 g/mol. The van der Waals surface area contributed by atoms with Crippen LogP contribution < -0.4 is 0 Å². The fourth-order valence-corrected chi connectivity index (χ4v) is 1.61. The normalized spacial score (nSPS) is 10.2. The van der Waals surface area contributed by atoms with Gasteiger partial charge in [-0.3, -0.25) is 0 Å². The molecule has 17 heavy (non-hydrogen) atoms. The van der Waals surface area contributed by atoms with Crippen molar-refractivity contribution in [2.75, 3.05) is 0 Å². The third-order valence-electron chi connectivity index (χ3n) is 2.60. The summed E-state index contributed by atoms with van der Waals surface area (Å²) in [6.07, 6.45) is 0. The van der Waals surface area contributed by atoms with Crippen molar-refractivity contribution in [1.29, 1.82) is 0 Å². The van der Waals surface area contributed by atoms with Gasteiger partial charge in [0.25, 0.3) is 0 Å². The molecule has 3 heteroatoms. The van der Waals surface area contributed by atoms with Crippen molar-refractivity contribution < 1.29 is 15.0 Å². The molecule has 0 saturated heterocycles. The zero-order valence-electron chi connectivity index (χ0n) is 9.13. The lowest BCUT2D eigenvalue weighted by atomic mass is 10.0. The smallest absolute Gasteiger partial charge is 0.335 e. The second-order valence-electron chi connectivity index (χ2n) is 3.74. The lowest BCUT2D eigenvalue weighted by Crippen LogP contribution is -1.94. The lowest BCUT2D eigenvalue weighted by molar-refractivity contribution is 0.0697. The van der Waals surface area contributed by atoms with E-state index in [-0.39, 0.29) is 12.2 Å². The molecule has 0 saturated carbocycles. The van der Waals surface area contributed by atoms with Gasteiger partial charge in [0.2, 0.25) is 0 Å². The predicted octanol–water partition coefficient (Wildman–Crippen LogP) is 2.54. The van der Waals surface area contributed by atoms with Gasteiger partial charge in [-0.2, -0.15) is 0 Å². The van der Waals surface area contributed by atoms with E-state index < -0.39 is 5.97 Å². The Bertz CT molecular complexity index is 512. The summed E-state index contributed by atoms with van der Waals surface area (Å²) in [6.45, 7) is 0.0260. The maximum atomic E-state index is 10.7. The lowest BCUT2D eigenvalue weighted by Gasteiger charge is -2.03. The van der Waals surface area contributed by atoms with E-state index in [2.05, 4.69) is 0 Å². The molecular weight excluding hydrogens is 216 g/mol. The molecule has 0 spiro atoms. The number of hydrogen-bond acceptors (Lipinski definition) is 2. The van der Waals surface area contributed by atoms with Crippen LogP contribution in [0.25, 0.3) is 11.1 Å². The summed E-state index contributed by atoms with van der Waals surface area (Å²) in [4.78, 5) is 10.7. The number of aromatic carboxylic acids is 1. The number of aliphatic hydroxyl groups excluding tert-OH is 1. The molecule has 3 nitrogen and oxygen atoms in total. The Balaban J connectivity index is 2.29. The molecule has 0 aliphatic heterocycles. The summed E-state index contributed by atoms with van der Waals surface area (Å²) in [5, 5.41) is 17.7. The van der Waals surface area contributed by atoms with Crippen molar-refractivity contribution in [3.8, 4) is 11.1 Å². The zero-order chi connectivity index (χ0) is 12.3. The molecule has 0 bridgehead atoms. The van der Waals surface area contributed by atoms with Crippen LogP contribution in [-0.2, 0) is 6.61 Å². The summed E-state index contributed by atoms with van der Waals surface area (Å²) in [5.74, 6) is -0.924. The van der Waals surface area contributed by atoms with Gasteiger partial charge in [-0.05, 0) is 28.8 Å². The first-order valence-electron chi connectivity index (χ1n) is 5.24. The summed E-state index contributed by atoms with van der Waals surface area (Å²) in [7, 11) is 0. The molecule has 0 aromatic heterocycles. The molecule has 0 fully saturated rings. The van der Waals surface area contributed by atoms with E-state index in [9.17, 15) is 4.79 Å². The van der Waals surface area contributed by atoms with E-state index in [1.165, 1.54) is 0 Å². The van der Waals surface area contributed by atoms with Gasteiger partial charge in [0, 0.05) is 0 Å². The van der Waals surface area contributed by atoms with E-state index in [0.29, 0.717) is 0 Å². The number of carbonyl (C=O) groups is 1. The average Bonchev–Trinajstić information content (AvgIpc) is 2.39. The summed E-state index contributed by atoms with van der Waals surface area (Å²) in [6, 6.07) is 14.2. The van der Waals surface area contributed by atoms with E-state index >= 15 is 0 Å². The van der Waals surface area contributed by atoms with Crippen LogP contribution in [-0.4, -0.2) is 16.2 Å². The summed E-state index contributed by atoms with van der Waals surface area (Å²) in [5.41, 5.74) is 3.09. The minimum Gasteiger partial charge on any atom is -0.478 e. The number of benzene rings is 2. The van der Waals surface area contributed by atoms with Crippen LogP contribution in [0.15, 0.2) is 48.5 Å². The van der Waals surface area contributed by atoms with Crippen molar-refractivity contribution in [2.24, 2.45) is 0 Å². The van der Waals surface area contributed by atoms with Gasteiger partial charge < -0.3 is 10.2 Å². The maximum Gasteiger partial charge on any atom is 0.335 e. The van der Waals surface area contributed by atoms with Crippen molar-refractivity contribution in [3.05, 3.63) is 59.7 Å². The molecular formula is C14H12O3. The molecule has 0 aliphatic carbocycles. The highest BCUT2D eigenvalue weighted by Crippen LogP contribution is 2.20. The number of rotatable bonds is 3. The van der Waals surface area contributed by atoms with Crippen LogP contribution in [0.3, 0.4) is 0 Å². The Morgan fingerprint density at radius 2 is 1.35 bits per heavy atom. The number of aliphatic hydroxyl groups is 1. The molecule has 0 atom stereocenters. The van der Waals surface area contributed by atoms with Gasteiger partial charge in [-0.25, -0.2) is 4.79 Å². The van der Waals surface area contributed by atoms with Gasteiger partial charge >= 0.3 is 5.97 Å². The SMILES string of the molecule is O=C(O)c1ccc(-c2ccc(CO)cc2)cc1. The Hall–Kier alpha value is -2.13. The molecule has 2 aromatic rings. The van der Waals surface area contributed by atoms with E-state index in [1.54, 1.807) is 24.3 Å². The molecule has 0 aliphatic rings. The minimum atomic E-state index is -0.924. The highest BCUT2D eigenvalue weighted by molar-refractivity contribution is 5.88. The van der Waals surface area contributed by atoms with Gasteiger partial charge in [0.05, 0.1) is 12.2 Å². The number of carboxylic acids is 1. The van der Waals surface area contributed by atoms with Crippen molar-refractivity contribution >= 4 is 5.97 Å². The largest absolute Gasteiger partial charge is 0.478 e. The second kappa shape index (κ2) is 4.80. The Kier molecular flexibility index (Phi) is 3.21. The Morgan fingerprint density at radius 1 is 0.882 bits per heavy atom. The highest BCUT2D eigenvalue weighted by atomic mass is 16.4. The third-order valence-corrected chi connectivity index (χ3v) is 2.60. The number of carboxylic acid groups (broad SMARTS) is 1. The molecule has 2 aromatic carbocycles. The minimum absolute atomic E-state index is 0.0260. The summed E-state index contributed by atoms with van der Waals surface area (Å²) < 4.78 is 0. The van der Waals surface area contributed by atoms with Gasteiger partial charge in [-0.15, -0.1) is 0 Å². The van der Waals surface area contributed by atoms with Crippen LogP contribution in [0.4, 0.5) is 0 Å². The van der Waals surface area contributed by atoms with Gasteiger partial charge in [-0.1, -0.05) is 36.4 Å². The van der Waals surface area contributed by atoms with Gasteiger partial charge in [0.15, 0.2) is 0 Å². The Morgan fingerprint density at radius 3 is 1.76 bits per heavy atom. The molecule has 86 valence electrons. The zero-order valence-corrected chi connectivity index (χ0v) is 9.13. The third kappa shape index (κ3) is 2.52. The molecule has 0 amide bonds. The van der Waals surface area contributed by atoms with E-state index in [4.69, 9.17) is 10.2 Å². The Labute approximate surface area is 99.0 Å². The fourth-order valence-electron chi connectivity index (χ4n) is 1.61. The van der Waals surface area contributed by atoms with E-state index in [1.807, 2.05) is 24.3 Å². The summed E-state index contributed by atoms with van der Waals surface area (Å²) >= 11 is 0. The first-order valence-corrected chi connectivity index (χ1v) is 5.24. The maximum absolute atomic E-state index is 10.7. The highest BCUT2D eigenvalue weighted by Gasteiger charge is 2.02. The first-order chi connectivity index (χ1) is 8.20. The number of hydrogen-bond donors (Lipinski definition) is 2. The fraction of sp³-hybridized carbons (Fsp3) is 0.0714. The van der Waals surface area contributed by atoms with E-state index in [0.717, 1.165) is 16.7 Å². The molecule has 0 heterocycles. The van der Waals surface area contributed by atoms with Crippen LogP contribution in [0, 0.1) is 0 Å². The quantitative estimate of drug-likeness (QED) is 0.848. The molecule has 2 rings (SSSR count). The molecule has 0 unspecified atom stereocenters. The molecule has 2 N–H and O–H groups in total. The standard InChI is InChI=1S/C14H12O3/c15-9-10-1-3-11(4-2-10)12-5-7-13(8-6-12)14(16)17/h1-8,15H,9H2,(H,16,17). The van der Waals surface area contributed by atoms with Crippen molar-refractivity contribution in [1.82, 2.24) is 0 Å². The van der Waals surface area contributed by atoms with Crippen molar-refractivity contribution in [2.45, 2.75) is 6.61 Å². The van der Waals surface area contributed by atoms with Crippen LogP contribution >= 0.6 is 0 Å². The van der Waals surface area contributed by atoms with Gasteiger partial charge in [0.1, 0.15) is 0 Å². The second-order valence-corrected chi connectivity index (χ2v) is 3.74.